The number of hydrogen-bond acceptors (Lipinski definition) is 1. The van der Waals surface area contributed by atoms with Crippen LogP contribution in [-0.4, -0.2) is 14.7 Å². The van der Waals surface area contributed by atoms with E-state index in [0.717, 1.165) is 18.5 Å². The van der Waals surface area contributed by atoms with Gasteiger partial charge in [0, 0.05) is 13.6 Å². The Balaban J connectivity index is 1.90. The Bertz CT molecular complexity index is 1150. The topological polar surface area (TPSA) is 9.23 Å². The zero-order valence-electron chi connectivity index (χ0n) is 20.9. The van der Waals surface area contributed by atoms with Gasteiger partial charge in [-0.15, -0.1) is 0 Å². The SMILES string of the molecule is Cc1c(OCC[Si](C)(C)C)cccc1[P+](Cc1ccccc1)(c1ccccc1)c1ccccc1. The molecule has 0 aliphatic carbocycles. The number of ether oxygens (including phenoxy) is 1. The van der Waals surface area contributed by atoms with Crippen molar-refractivity contribution in [2.24, 2.45) is 0 Å². The summed E-state index contributed by atoms with van der Waals surface area (Å²) in [6, 6.07) is 41.1. The molecular formula is C31H36OPSi+. The molecule has 0 saturated carbocycles. The second-order valence-corrected chi connectivity index (χ2v) is 19.3. The van der Waals surface area contributed by atoms with Crippen LogP contribution in [-0.2, 0) is 6.16 Å². The van der Waals surface area contributed by atoms with Crippen LogP contribution in [0.4, 0.5) is 0 Å². The molecule has 4 aromatic carbocycles. The van der Waals surface area contributed by atoms with Crippen molar-refractivity contribution in [1.29, 1.82) is 0 Å². The maximum absolute atomic E-state index is 6.42. The highest BCUT2D eigenvalue weighted by atomic mass is 31.2. The summed E-state index contributed by atoms with van der Waals surface area (Å²) in [5, 5.41) is 4.24. The van der Waals surface area contributed by atoms with Crippen LogP contribution in [0.5, 0.6) is 5.75 Å². The predicted octanol–water partition coefficient (Wildman–Crippen LogP) is 7.21. The summed E-state index contributed by atoms with van der Waals surface area (Å²) in [6.07, 6.45) is 0.987. The van der Waals surface area contributed by atoms with Crippen molar-refractivity contribution in [3.8, 4) is 5.75 Å². The average Bonchev–Trinajstić information content (AvgIpc) is 2.85. The fraction of sp³-hybridized carbons (Fsp3) is 0.226. The fourth-order valence-electron chi connectivity index (χ4n) is 4.56. The van der Waals surface area contributed by atoms with E-state index in [1.54, 1.807) is 0 Å². The van der Waals surface area contributed by atoms with Gasteiger partial charge < -0.3 is 4.74 Å². The lowest BCUT2D eigenvalue weighted by molar-refractivity contribution is 0.336. The summed E-state index contributed by atoms with van der Waals surface area (Å²) in [6.45, 7) is 10.3. The van der Waals surface area contributed by atoms with E-state index in [9.17, 15) is 0 Å². The lowest BCUT2D eigenvalue weighted by Crippen LogP contribution is -2.34. The summed E-state index contributed by atoms with van der Waals surface area (Å²) in [5.74, 6) is 1.03. The Kier molecular flexibility index (Phi) is 7.71. The molecule has 0 amide bonds. The zero-order valence-corrected chi connectivity index (χ0v) is 22.8. The van der Waals surface area contributed by atoms with Gasteiger partial charge in [-0.1, -0.05) is 92.4 Å². The molecule has 0 spiro atoms. The van der Waals surface area contributed by atoms with Gasteiger partial charge in [0.15, 0.2) is 0 Å². The minimum absolute atomic E-state index is 0.792. The number of benzene rings is 4. The van der Waals surface area contributed by atoms with E-state index in [0.29, 0.717) is 0 Å². The molecule has 0 N–H and O–H groups in total. The van der Waals surface area contributed by atoms with E-state index < -0.39 is 15.3 Å². The van der Waals surface area contributed by atoms with Crippen LogP contribution < -0.4 is 20.7 Å². The van der Waals surface area contributed by atoms with E-state index in [1.807, 2.05) is 0 Å². The first-order chi connectivity index (χ1) is 16.4. The van der Waals surface area contributed by atoms with Gasteiger partial charge in [-0.25, -0.2) is 0 Å². The van der Waals surface area contributed by atoms with Crippen molar-refractivity contribution < 1.29 is 4.74 Å². The monoisotopic (exact) mass is 483 g/mol. The Morgan fingerprint density at radius 2 is 1.18 bits per heavy atom. The molecule has 174 valence electrons. The molecule has 4 rings (SSSR count). The van der Waals surface area contributed by atoms with Crippen LogP contribution in [0.3, 0.4) is 0 Å². The summed E-state index contributed by atoms with van der Waals surface area (Å²) in [4.78, 5) is 0. The molecule has 0 fully saturated rings. The fourth-order valence-corrected chi connectivity index (χ4v) is 9.81. The molecule has 0 aliphatic heterocycles. The maximum atomic E-state index is 6.42. The van der Waals surface area contributed by atoms with Crippen molar-refractivity contribution >= 4 is 31.2 Å². The van der Waals surface area contributed by atoms with Crippen LogP contribution in [0.2, 0.25) is 25.7 Å². The first-order valence-electron chi connectivity index (χ1n) is 12.2. The van der Waals surface area contributed by atoms with Gasteiger partial charge in [0.25, 0.3) is 0 Å². The molecule has 4 aromatic rings. The Morgan fingerprint density at radius 1 is 0.647 bits per heavy atom. The molecular weight excluding hydrogens is 447 g/mol. The third-order valence-corrected chi connectivity index (χ3v) is 12.6. The highest BCUT2D eigenvalue weighted by molar-refractivity contribution is 7.95. The molecule has 1 nitrogen and oxygen atoms in total. The third-order valence-electron chi connectivity index (χ3n) is 6.43. The molecule has 0 aliphatic rings. The zero-order chi connectivity index (χ0) is 24.0. The second-order valence-electron chi connectivity index (χ2n) is 10.2. The molecule has 0 unspecified atom stereocenters. The first-order valence-corrected chi connectivity index (χ1v) is 17.8. The first kappa shape index (κ1) is 24.5. The highest BCUT2D eigenvalue weighted by Crippen LogP contribution is 2.59. The van der Waals surface area contributed by atoms with Crippen molar-refractivity contribution in [2.75, 3.05) is 6.61 Å². The smallest absolute Gasteiger partial charge is 0.126 e. The molecule has 0 bridgehead atoms. The van der Waals surface area contributed by atoms with Gasteiger partial charge in [-0.05, 0) is 54.9 Å². The Labute approximate surface area is 207 Å². The Hall–Kier alpha value is -2.67. The standard InChI is InChI=1S/C31H36OPSi/c1-26-30(32-23-24-34(2,3)4)21-14-22-31(26)33(28-17-10-6-11-18-28,29-19-12-7-13-20-29)25-27-15-8-5-9-16-27/h5-22H,23-25H2,1-4H3/q+1. The van der Waals surface area contributed by atoms with Crippen LogP contribution in [0.1, 0.15) is 11.1 Å². The third kappa shape index (κ3) is 5.51. The normalized spacial score (nSPS) is 11.9. The number of hydrogen-bond donors (Lipinski definition) is 0. The summed E-state index contributed by atoms with van der Waals surface area (Å²) in [7, 11) is -3.13. The molecule has 0 radical (unpaired) electrons. The number of rotatable bonds is 9. The molecule has 0 saturated heterocycles. The molecule has 3 heteroatoms. The molecule has 34 heavy (non-hydrogen) atoms. The van der Waals surface area contributed by atoms with E-state index in [2.05, 4.69) is 136 Å². The van der Waals surface area contributed by atoms with E-state index in [-0.39, 0.29) is 0 Å². The Morgan fingerprint density at radius 3 is 1.71 bits per heavy atom. The second kappa shape index (κ2) is 10.7. The van der Waals surface area contributed by atoms with Gasteiger partial charge >= 0.3 is 0 Å². The van der Waals surface area contributed by atoms with Crippen LogP contribution >= 0.6 is 7.26 Å². The van der Waals surface area contributed by atoms with Crippen molar-refractivity contribution in [2.45, 2.75) is 38.8 Å². The summed E-state index contributed by atoms with van der Waals surface area (Å²) >= 11 is 0. The van der Waals surface area contributed by atoms with Crippen molar-refractivity contribution in [3.63, 3.8) is 0 Å². The largest absolute Gasteiger partial charge is 0.493 e. The van der Waals surface area contributed by atoms with Gasteiger partial charge in [-0.2, -0.15) is 0 Å². The minimum Gasteiger partial charge on any atom is -0.493 e. The van der Waals surface area contributed by atoms with Gasteiger partial charge in [0.2, 0.25) is 0 Å². The maximum Gasteiger partial charge on any atom is 0.126 e. The van der Waals surface area contributed by atoms with Gasteiger partial charge in [-0.3, -0.25) is 0 Å². The molecule has 0 heterocycles. The van der Waals surface area contributed by atoms with Gasteiger partial charge in [0.1, 0.15) is 28.9 Å². The van der Waals surface area contributed by atoms with Crippen LogP contribution in [0.15, 0.2) is 109 Å². The van der Waals surface area contributed by atoms with Crippen LogP contribution in [0, 0.1) is 6.92 Å². The highest BCUT2D eigenvalue weighted by Gasteiger charge is 2.47. The summed E-state index contributed by atoms with van der Waals surface area (Å²) < 4.78 is 6.42. The quantitative estimate of drug-likeness (QED) is 0.181. The average molecular weight is 484 g/mol. The molecule has 0 atom stereocenters. The summed E-state index contributed by atoms with van der Waals surface area (Å²) in [5.41, 5.74) is 2.64. The van der Waals surface area contributed by atoms with Gasteiger partial charge in [0.05, 0.1) is 12.8 Å². The van der Waals surface area contributed by atoms with Crippen molar-refractivity contribution in [1.82, 2.24) is 0 Å². The lowest BCUT2D eigenvalue weighted by Gasteiger charge is -2.29. The van der Waals surface area contributed by atoms with Crippen molar-refractivity contribution in [3.05, 3.63) is 120 Å². The van der Waals surface area contributed by atoms with E-state index in [1.165, 1.54) is 33.1 Å². The minimum atomic E-state index is -1.98. The van der Waals surface area contributed by atoms with E-state index >= 15 is 0 Å². The molecule has 0 aromatic heterocycles. The predicted molar refractivity (Wildman–Crippen MR) is 154 cm³/mol. The lowest BCUT2D eigenvalue weighted by atomic mass is 10.2. The van der Waals surface area contributed by atoms with Crippen LogP contribution in [0.25, 0.3) is 0 Å². The van der Waals surface area contributed by atoms with E-state index in [4.69, 9.17) is 4.74 Å².